The van der Waals surface area contributed by atoms with Crippen LogP contribution >= 0.6 is 0 Å². The number of carbonyl (C=O) groups excluding carboxylic acids is 2. The molecule has 154 valence electrons. The molecule has 0 radical (unpaired) electrons. The molecule has 1 aliphatic heterocycles. The minimum atomic E-state index is -3.55. The van der Waals surface area contributed by atoms with Gasteiger partial charge in [-0.3, -0.25) is 9.59 Å². The van der Waals surface area contributed by atoms with Gasteiger partial charge in [0.05, 0.1) is 4.90 Å². The van der Waals surface area contributed by atoms with E-state index in [4.69, 9.17) is 0 Å². The zero-order valence-electron chi connectivity index (χ0n) is 16.1. The zero-order valence-corrected chi connectivity index (χ0v) is 16.9. The molecule has 7 nitrogen and oxygen atoms in total. The highest BCUT2D eigenvalue weighted by molar-refractivity contribution is 7.89. The quantitative estimate of drug-likeness (QED) is 0.774. The first-order chi connectivity index (χ1) is 13.7. The molecule has 1 aliphatic rings. The molecule has 2 aromatic rings. The Morgan fingerprint density at radius 3 is 2.34 bits per heavy atom. The molecule has 1 heterocycles. The number of benzene rings is 2. The van der Waals surface area contributed by atoms with Crippen molar-refractivity contribution in [2.24, 2.45) is 5.92 Å². The van der Waals surface area contributed by atoms with E-state index in [-0.39, 0.29) is 34.9 Å². The van der Waals surface area contributed by atoms with E-state index in [2.05, 4.69) is 5.32 Å². The fraction of sp³-hybridized carbons (Fsp3) is 0.300. The molecule has 0 bridgehead atoms. The molecular weight excluding hydrogens is 397 g/mol. The Balaban J connectivity index is 1.58. The third-order valence-electron chi connectivity index (χ3n) is 4.79. The maximum atomic E-state index is 13.1. The molecule has 0 saturated carbocycles. The van der Waals surface area contributed by atoms with Crippen LogP contribution in [0.15, 0.2) is 53.4 Å². The van der Waals surface area contributed by atoms with Gasteiger partial charge >= 0.3 is 0 Å². The molecule has 0 spiro atoms. The van der Waals surface area contributed by atoms with Gasteiger partial charge in [0.1, 0.15) is 5.82 Å². The zero-order chi connectivity index (χ0) is 21.2. The molecule has 3 rings (SSSR count). The highest BCUT2D eigenvalue weighted by atomic mass is 32.2. The van der Waals surface area contributed by atoms with E-state index in [1.807, 2.05) is 0 Å². The minimum absolute atomic E-state index is 0.0649. The second-order valence-corrected chi connectivity index (χ2v) is 9.22. The van der Waals surface area contributed by atoms with Crippen molar-refractivity contribution >= 4 is 27.5 Å². The van der Waals surface area contributed by atoms with Crippen molar-refractivity contribution in [2.75, 3.05) is 32.1 Å². The van der Waals surface area contributed by atoms with Gasteiger partial charge in [0.25, 0.3) is 5.91 Å². The van der Waals surface area contributed by atoms with Gasteiger partial charge in [-0.2, -0.15) is 0 Å². The standard InChI is InChI=1S/C20H22FN3O4S/c1-23(2)29(27,28)18-9-3-15(4-10-18)20(26)22-12-14-11-19(25)24(13-14)17-7-5-16(21)6-8-17/h3-10,14H,11-13H2,1-2H3,(H,22,26). The Hall–Kier alpha value is -2.78. The van der Waals surface area contributed by atoms with E-state index in [1.54, 1.807) is 17.0 Å². The van der Waals surface area contributed by atoms with Gasteiger partial charge in [-0.05, 0) is 48.5 Å². The van der Waals surface area contributed by atoms with Crippen molar-refractivity contribution in [1.29, 1.82) is 0 Å². The van der Waals surface area contributed by atoms with Gasteiger partial charge in [-0.15, -0.1) is 0 Å². The summed E-state index contributed by atoms with van der Waals surface area (Å²) in [5, 5.41) is 2.79. The second kappa shape index (κ2) is 8.30. The summed E-state index contributed by atoms with van der Waals surface area (Å²) in [6.07, 6.45) is 0.289. The van der Waals surface area contributed by atoms with Crippen molar-refractivity contribution in [2.45, 2.75) is 11.3 Å². The summed E-state index contributed by atoms with van der Waals surface area (Å²) in [7, 11) is -0.674. The van der Waals surface area contributed by atoms with Crippen molar-refractivity contribution in [3.05, 3.63) is 59.9 Å². The number of hydrogen-bond acceptors (Lipinski definition) is 4. The number of nitrogens with zero attached hydrogens (tertiary/aromatic N) is 2. The van der Waals surface area contributed by atoms with Crippen LogP contribution in [0.1, 0.15) is 16.8 Å². The number of anilines is 1. The van der Waals surface area contributed by atoms with Crippen LogP contribution in [0.2, 0.25) is 0 Å². The number of hydrogen-bond donors (Lipinski definition) is 1. The number of carbonyl (C=O) groups is 2. The summed E-state index contributed by atoms with van der Waals surface area (Å²) in [6, 6.07) is 11.4. The lowest BCUT2D eigenvalue weighted by Gasteiger charge is -2.17. The summed E-state index contributed by atoms with van der Waals surface area (Å²) < 4.78 is 38.3. The van der Waals surface area contributed by atoms with Crippen LogP contribution in [0.3, 0.4) is 0 Å². The van der Waals surface area contributed by atoms with E-state index in [0.29, 0.717) is 24.3 Å². The molecule has 1 unspecified atom stereocenters. The smallest absolute Gasteiger partial charge is 0.251 e. The van der Waals surface area contributed by atoms with Crippen LogP contribution in [0.5, 0.6) is 0 Å². The minimum Gasteiger partial charge on any atom is -0.352 e. The Bertz CT molecular complexity index is 1010. The molecule has 2 aromatic carbocycles. The molecule has 29 heavy (non-hydrogen) atoms. The molecular formula is C20H22FN3O4S. The molecule has 1 N–H and O–H groups in total. The van der Waals surface area contributed by atoms with Crippen molar-refractivity contribution < 1.29 is 22.4 Å². The Morgan fingerprint density at radius 2 is 1.76 bits per heavy atom. The molecule has 9 heteroatoms. The van der Waals surface area contributed by atoms with Crippen LogP contribution in [0, 0.1) is 11.7 Å². The molecule has 2 amide bonds. The van der Waals surface area contributed by atoms with Crippen LogP contribution in [-0.2, 0) is 14.8 Å². The van der Waals surface area contributed by atoms with E-state index in [9.17, 15) is 22.4 Å². The van der Waals surface area contributed by atoms with Gasteiger partial charge in [0.2, 0.25) is 15.9 Å². The first kappa shape index (κ1) is 20.9. The Morgan fingerprint density at radius 1 is 1.14 bits per heavy atom. The van der Waals surface area contributed by atoms with Crippen LogP contribution < -0.4 is 10.2 Å². The summed E-state index contributed by atoms with van der Waals surface area (Å²) in [5.74, 6) is -0.848. The topological polar surface area (TPSA) is 86.8 Å². The van der Waals surface area contributed by atoms with E-state index < -0.39 is 10.0 Å². The first-order valence-corrected chi connectivity index (χ1v) is 10.5. The number of rotatable bonds is 6. The summed E-state index contributed by atoms with van der Waals surface area (Å²) in [5.41, 5.74) is 0.963. The maximum absolute atomic E-state index is 13.1. The van der Waals surface area contributed by atoms with Gasteiger partial charge in [0.15, 0.2) is 0 Å². The molecule has 1 atom stereocenters. The van der Waals surface area contributed by atoms with Gasteiger partial charge < -0.3 is 10.2 Å². The second-order valence-electron chi connectivity index (χ2n) is 7.07. The van der Waals surface area contributed by atoms with E-state index in [0.717, 1.165) is 4.31 Å². The van der Waals surface area contributed by atoms with Gasteiger partial charge in [-0.25, -0.2) is 17.1 Å². The number of nitrogens with one attached hydrogen (secondary N) is 1. The number of amides is 2. The first-order valence-electron chi connectivity index (χ1n) is 9.05. The van der Waals surface area contributed by atoms with Crippen LogP contribution in [-0.4, -0.2) is 51.7 Å². The van der Waals surface area contributed by atoms with E-state index >= 15 is 0 Å². The number of halogens is 1. The van der Waals surface area contributed by atoms with Crippen molar-refractivity contribution in [3.63, 3.8) is 0 Å². The summed E-state index contributed by atoms with van der Waals surface area (Å²) in [6.45, 7) is 0.741. The highest BCUT2D eigenvalue weighted by Gasteiger charge is 2.30. The lowest BCUT2D eigenvalue weighted by atomic mass is 10.1. The fourth-order valence-corrected chi connectivity index (χ4v) is 4.02. The van der Waals surface area contributed by atoms with Crippen molar-refractivity contribution in [3.8, 4) is 0 Å². The van der Waals surface area contributed by atoms with Crippen LogP contribution in [0.4, 0.5) is 10.1 Å². The number of sulfonamides is 1. The SMILES string of the molecule is CN(C)S(=O)(=O)c1ccc(C(=O)NCC2CC(=O)N(c3ccc(F)cc3)C2)cc1. The van der Waals surface area contributed by atoms with Crippen LogP contribution in [0.25, 0.3) is 0 Å². The molecule has 0 aromatic heterocycles. The van der Waals surface area contributed by atoms with Crippen molar-refractivity contribution in [1.82, 2.24) is 9.62 Å². The van der Waals surface area contributed by atoms with Gasteiger partial charge in [0, 0.05) is 50.8 Å². The van der Waals surface area contributed by atoms with E-state index in [1.165, 1.54) is 50.5 Å². The Kier molecular flexibility index (Phi) is 5.99. The average Bonchev–Trinajstić information content (AvgIpc) is 3.07. The average molecular weight is 419 g/mol. The third kappa shape index (κ3) is 4.63. The monoisotopic (exact) mass is 419 g/mol. The molecule has 1 fully saturated rings. The third-order valence-corrected chi connectivity index (χ3v) is 6.62. The lowest BCUT2D eigenvalue weighted by molar-refractivity contribution is -0.117. The fourth-order valence-electron chi connectivity index (χ4n) is 3.12. The predicted molar refractivity (Wildman–Crippen MR) is 107 cm³/mol. The summed E-state index contributed by atoms with van der Waals surface area (Å²) in [4.78, 5) is 26.3. The molecule has 1 saturated heterocycles. The maximum Gasteiger partial charge on any atom is 0.251 e. The highest BCUT2D eigenvalue weighted by Crippen LogP contribution is 2.25. The van der Waals surface area contributed by atoms with Gasteiger partial charge in [-0.1, -0.05) is 0 Å². The summed E-state index contributed by atoms with van der Waals surface area (Å²) >= 11 is 0. The molecule has 0 aliphatic carbocycles. The lowest BCUT2D eigenvalue weighted by Crippen LogP contribution is -2.31. The normalized spacial score (nSPS) is 17.0. The largest absolute Gasteiger partial charge is 0.352 e. The Labute approximate surface area is 169 Å². The predicted octanol–water partition coefficient (Wildman–Crippen LogP) is 1.86.